The van der Waals surface area contributed by atoms with Gasteiger partial charge in [-0.15, -0.1) is 0 Å². The lowest BCUT2D eigenvalue weighted by Gasteiger charge is -2.13. The molecule has 4 nitrogen and oxygen atoms in total. The van der Waals surface area contributed by atoms with Crippen molar-refractivity contribution in [3.63, 3.8) is 0 Å². The third-order valence-corrected chi connectivity index (χ3v) is 6.34. The fourth-order valence-electron chi connectivity index (χ4n) is 1.87. The molecule has 0 heterocycles. The summed E-state index contributed by atoms with van der Waals surface area (Å²) in [5.74, 6) is 0.758. The van der Waals surface area contributed by atoms with Crippen molar-refractivity contribution in [2.75, 3.05) is 25.1 Å². The van der Waals surface area contributed by atoms with Crippen molar-refractivity contribution in [2.24, 2.45) is 0 Å². The van der Waals surface area contributed by atoms with Gasteiger partial charge in [-0.3, -0.25) is 0 Å². The number of thioether (sulfide) groups is 1. The SMILES string of the molecule is CCCNCc1cc(C)c(Br)c(S(=O)(=O)NCCSC)c1. The Bertz CT molecular complexity index is 562. The van der Waals surface area contributed by atoms with Crippen molar-refractivity contribution in [1.29, 1.82) is 0 Å². The Kier molecular flexibility index (Phi) is 8.26. The molecular weight excluding hydrogens is 372 g/mol. The van der Waals surface area contributed by atoms with Crippen molar-refractivity contribution in [3.8, 4) is 0 Å². The summed E-state index contributed by atoms with van der Waals surface area (Å²) in [5, 5.41) is 3.30. The summed E-state index contributed by atoms with van der Waals surface area (Å²) in [4.78, 5) is 0.317. The quantitative estimate of drug-likeness (QED) is 0.632. The number of benzene rings is 1. The Morgan fingerprint density at radius 2 is 2.00 bits per heavy atom. The lowest BCUT2D eigenvalue weighted by molar-refractivity contribution is 0.583. The minimum absolute atomic E-state index is 0.317. The van der Waals surface area contributed by atoms with Crippen LogP contribution in [0, 0.1) is 6.92 Å². The van der Waals surface area contributed by atoms with Crippen LogP contribution in [-0.2, 0) is 16.6 Å². The van der Waals surface area contributed by atoms with E-state index >= 15 is 0 Å². The monoisotopic (exact) mass is 394 g/mol. The lowest BCUT2D eigenvalue weighted by atomic mass is 10.1. The van der Waals surface area contributed by atoms with Gasteiger partial charge in [0.05, 0.1) is 4.90 Å². The van der Waals surface area contributed by atoms with Gasteiger partial charge in [0.2, 0.25) is 10.0 Å². The molecule has 1 aromatic carbocycles. The third-order valence-electron chi connectivity index (χ3n) is 2.92. The molecule has 0 aliphatic rings. The first-order valence-electron chi connectivity index (χ1n) is 6.90. The van der Waals surface area contributed by atoms with Gasteiger partial charge in [0.15, 0.2) is 0 Å². The Labute approximate surface area is 140 Å². The van der Waals surface area contributed by atoms with Crippen LogP contribution in [0.3, 0.4) is 0 Å². The van der Waals surface area contributed by atoms with E-state index in [9.17, 15) is 8.42 Å². The van der Waals surface area contributed by atoms with E-state index in [1.807, 2.05) is 19.2 Å². The smallest absolute Gasteiger partial charge is 0.241 e. The van der Waals surface area contributed by atoms with Gasteiger partial charge in [-0.2, -0.15) is 11.8 Å². The number of nitrogens with one attached hydrogen (secondary N) is 2. The van der Waals surface area contributed by atoms with Crippen LogP contribution in [0.25, 0.3) is 0 Å². The molecule has 0 amide bonds. The van der Waals surface area contributed by atoms with Crippen molar-refractivity contribution in [2.45, 2.75) is 31.7 Å². The van der Waals surface area contributed by atoms with Crippen LogP contribution < -0.4 is 10.0 Å². The van der Waals surface area contributed by atoms with E-state index in [4.69, 9.17) is 0 Å². The van der Waals surface area contributed by atoms with Crippen molar-refractivity contribution >= 4 is 37.7 Å². The van der Waals surface area contributed by atoms with Gasteiger partial charge in [-0.25, -0.2) is 13.1 Å². The van der Waals surface area contributed by atoms with Gasteiger partial charge in [0.25, 0.3) is 0 Å². The third kappa shape index (κ3) is 5.90. The van der Waals surface area contributed by atoms with E-state index in [0.717, 1.165) is 29.8 Å². The number of aryl methyl sites for hydroxylation is 1. The summed E-state index contributed by atoms with van der Waals surface area (Å²) < 4.78 is 28.1. The molecule has 0 saturated heterocycles. The first-order chi connectivity index (χ1) is 9.92. The number of hydrogen-bond donors (Lipinski definition) is 2. The largest absolute Gasteiger partial charge is 0.313 e. The topological polar surface area (TPSA) is 58.2 Å². The van der Waals surface area contributed by atoms with Crippen molar-refractivity contribution in [3.05, 3.63) is 27.7 Å². The normalized spacial score (nSPS) is 11.8. The standard InChI is InChI=1S/C14H23BrN2O2S2/c1-4-5-16-10-12-8-11(2)14(15)13(9-12)21(18,19)17-6-7-20-3/h8-9,16-17H,4-7,10H2,1-3H3. The van der Waals surface area contributed by atoms with Crippen LogP contribution in [0.4, 0.5) is 0 Å². The summed E-state index contributed by atoms with van der Waals surface area (Å²) >= 11 is 5.01. The molecule has 0 fully saturated rings. The van der Waals surface area contributed by atoms with E-state index in [1.54, 1.807) is 17.8 Å². The van der Waals surface area contributed by atoms with Crippen molar-refractivity contribution in [1.82, 2.24) is 10.0 Å². The van der Waals surface area contributed by atoms with Crippen molar-refractivity contribution < 1.29 is 8.42 Å². The van der Waals surface area contributed by atoms with Crippen LogP contribution in [-0.4, -0.2) is 33.5 Å². The molecule has 0 saturated carbocycles. The Balaban J connectivity index is 2.99. The minimum Gasteiger partial charge on any atom is -0.313 e. The molecule has 21 heavy (non-hydrogen) atoms. The molecular formula is C14H23BrN2O2S2. The summed E-state index contributed by atoms with van der Waals surface area (Å²) in [6.07, 6.45) is 3.01. The molecule has 0 spiro atoms. The van der Waals surface area contributed by atoms with Gasteiger partial charge in [-0.1, -0.05) is 13.0 Å². The van der Waals surface area contributed by atoms with Gasteiger partial charge < -0.3 is 5.32 Å². The molecule has 0 unspecified atom stereocenters. The summed E-state index contributed by atoms with van der Waals surface area (Å²) in [6, 6.07) is 3.74. The first kappa shape index (κ1) is 19.0. The molecule has 1 rings (SSSR count). The second-order valence-electron chi connectivity index (χ2n) is 4.79. The molecule has 0 aliphatic heterocycles. The first-order valence-corrected chi connectivity index (χ1v) is 10.6. The van der Waals surface area contributed by atoms with Gasteiger partial charge in [0, 0.05) is 23.3 Å². The summed E-state index contributed by atoms with van der Waals surface area (Å²) in [6.45, 7) is 6.05. The average Bonchev–Trinajstić information content (AvgIpc) is 2.42. The van der Waals surface area contributed by atoms with E-state index in [1.165, 1.54) is 0 Å². The van der Waals surface area contributed by atoms with Gasteiger partial charge >= 0.3 is 0 Å². The highest BCUT2D eigenvalue weighted by Gasteiger charge is 2.19. The Morgan fingerprint density at radius 3 is 2.62 bits per heavy atom. The fraction of sp³-hybridized carbons (Fsp3) is 0.571. The van der Waals surface area contributed by atoms with E-state index in [-0.39, 0.29) is 0 Å². The predicted octanol–water partition coefficient (Wildman–Crippen LogP) is 2.90. The molecule has 0 atom stereocenters. The van der Waals surface area contributed by atoms with E-state index < -0.39 is 10.0 Å². The molecule has 7 heteroatoms. The molecule has 0 bridgehead atoms. The van der Waals surface area contributed by atoms with Crippen LogP contribution in [0.5, 0.6) is 0 Å². The highest BCUT2D eigenvalue weighted by molar-refractivity contribution is 9.10. The van der Waals surface area contributed by atoms with Crippen LogP contribution in [0.15, 0.2) is 21.5 Å². The maximum atomic E-state index is 12.4. The molecule has 0 aromatic heterocycles. The summed E-state index contributed by atoms with van der Waals surface area (Å²) in [7, 11) is -3.48. The second kappa shape index (κ2) is 9.15. The highest BCUT2D eigenvalue weighted by atomic mass is 79.9. The number of hydrogen-bond acceptors (Lipinski definition) is 4. The zero-order chi connectivity index (χ0) is 15.9. The van der Waals surface area contributed by atoms with E-state index in [2.05, 4.69) is 32.9 Å². The number of rotatable bonds is 9. The van der Waals surface area contributed by atoms with Gasteiger partial charge in [-0.05, 0) is 59.3 Å². The number of halogens is 1. The molecule has 1 aromatic rings. The Hall–Kier alpha value is -0.0800. The maximum absolute atomic E-state index is 12.4. The van der Waals surface area contributed by atoms with Crippen LogP contribution in [0.2, 0.25) is 0 Å². The van der Waals surface area contributed by atoms with Gasteiger partial charge in [0.1, 0.15) is 0 Å². The second-order valence-corrected chi connectivity index (χ2v) is 8.31. The number of sulfonamides is 1. The molecule has 0 aliphatic carbocycles. The predicted molar refractivity (Wildman–Crippen MR) is 94.4 cm³/mol. The van der Waals surface area contributed by atoms with Crippen LogP contribution in [0.1, 0.15) is 24.5 Å². The molecule has 2 N–H and O–H groups in total. The molecule has 0 radical (unpaired) electrons. The highest BCUT2D eigenvalue weighted by Crippen LogP contribution is 2.27. The average molecular weight is 395 g/mol. The van der Waals surface area contributed by atoms with E-state index in [0.29, 0.717) is 22.5 Å². The Morgan fingerprint density at radius 1 is 1.29 bits per heavy atom. The van der Waals surface area contributed by atoms with Crippen LogP contribution >= 0.6 is 27.7 Å². The fourth-order valence-corrected chi connectivity index (χ4v) is 4.41. The zero-order valence-electron chi connectivity index (χ0n) is 12.7. The summed E-state index contributed by atoms with van der Waals surface area (Å²) in [5.41, 5.74) is 1.91. The zero-order valence-corrected chi connectivity index (χ0v) is 15.9. The maximum Gasteiger partial charge on any atom is 0.241 e. The minimum atomic E-state index is -3.48. The molecule has 120 valence electrons. The lowest BCUT2D eigenvalue weighted by Crippen LogP contribution is -2.26.